The van der Waals surface area contributed by atoms with Crippen molar-refractivity contribution < 1.29 is 9.59 Å². The number of imidazole rings is 1. The predicted octanol–water partition coefficient (Wildman–Crippen LogP) is 2.96. The average Bonchev–Trinajstić information content (AvgIpc) is 3.25. The molecule has 2 heterocycles. The summed E-state index contributed by atoms with van der Waals surface area (Å²) in [4.78, 5) is 34.1. The van der Waals surface area contributed by atoms with Gasteiger partial charge in [-0.05, 0) is 24.3 Å². The van der Waals surface area contributed by atoms with Crippen LogP contribution >= 0.6 is 11.8 Å². The van der Waals surface area contributed by atoms with E-state index in [1.807, 2.05) is 45.0 Å². The summed E-state index contributed by atoms with van der Waals surface area (Å²) in [5.41, 5.74) is 1.16. The molecule has 1 aliphatic heterocycles. The van der Waals surface area contributed by atoms with Crippen LogP contribution in [0, 0.1) is 5.41 Å². The maximum absolute atomic E-state index is 12.6. The second-order valence-corrected chi connectivity index (χ2v) is 8.04. The van der Waals surface area contributed by atoms with Gasteiger partial charge in [0.15, 0.2) is 0 Å². The molecule has 2 aromatic rings. The minimum atomic E-state index is -0.492. The summed E-state index contributed by atoms with van der Waals surface area (Å²) in [7, 11) is 0. The zero-order valence-electron chi connectivity index (χ0n) is 14.6. The Balaban J connectivity index is 1.68. The van der Waals surface area contributed by atoms with Gasteiger partial charge in [-0.25, -0.2) is 4.98 Å². The Hall–Kier alpha value is -2.28. The maximum Gasteiger partial charge on any atom is 0.248 e. The van der Waals surface area contributed by atoms with Gasteiger partial charge in [-0.2, -0.15) is 0 Å². The lowest BCUT2D eigenvalue weighted by molar-refractivity contribution is -0.143. The number of hydrogen-bond donors (Lipinski definition) is 2. The molecule has 7 heteroatoms. The fourth-order valence-electron chi connectivity index (χ4n) is 2.65. The highest BCUT2D eigenvalue weighted by Crippen LogP contribution is 2.28. The summed E-state index contributed by atoms with van der Waals surface area (Å²) < 4.78 is 0. The van der Waals surface area contributed by atoms with Gasteiger partial charge in [0, 0.05) is 34.8 Å². The first-order chi connectivity index (χ1) is 11.9. The number of rotatable bonds is 3. The molecule has 2 N–H and O–H groups in total. The van der Waals surface area contributed by atoms with E-state index in [-0.39, 0.29) is 11.8 Å². The van der Waals surface area contributed by atoms with Gasteiger partial charge in [-0.3, -0.25) is 9.59 Å². The third kappa shape index (κ3) is 3.87. The van der Waals surface area contributed by atoms with E-state index in [4.69, 9.17) is 0 Å². The molecule has 0 aliphatic carbocycles. The van der Waals surface area contributed by atoms with Crippen LogP contribution in [-0.4, -0.2) is 44.4 Å². The molecule has 1 fully saturated rings. The normalized spacial score (nSPS) is 17.6. The fraction of sp³-hybridized carbons (Fsp3) is 0.389. The van der Waals surface area contributed by atoms with Crippen molar-refractivity contribution >= 4 is 29.3 Å². The number of hydrogen-bond acceptors (Lipinski definition) is 4. The Bertz CT molecular complexity index is 750. The third-order valence-electron chi connectivity index (χ3n) is 4.01. The second kappa shape index (κ2) is 6.92. The summed E-state index contributed by atoms with van der Waals surface area (Å²) in [6, 6.07) is 7.05. The molecular formula is C18H22N4O2S. The minimum absolute atomic E-state index is 0.00539. The van der Waals surface area contributed by atoms with Crippen molar-refractivity contribution in [3.05, 3.63) is 36.7 Å². The predicted molar refractivity (Wildman–Crippen MR) is 100 cm³/mol. The van der Waals surface area contributed by atoms with Crippen LogP contribution in [0.15, 0.2) is 36.7 Å². The first-order valence-corrected chi connectivity index (χ1v) is 9.31. The van der Waals surface area contributed by atoms with Crippen LogP contribution in [0.4, 0.5) is 5.69 Å². The molecule has 0 bridgehead atoms. The summed E-state index contributed by atoms with van der Waals surface area (Å²) in [5.74, 6) is 1.83. The Morgan fingerprint density at radius 1 is 1.28 bits per heavy atom. The zero-order valence-corrected chi connectivity index (χ0v) is 15.4. The van der Waals surface area contributed by atoms with Crippen molar-refractivity contribution in [1.29, 1.82) is 0 Å². The summed E-state index contributed by atoms with van der Waals surface area (Å²) >= 11 is 1.61. The van der Waals surface area contributed by atoms with Gasteiger partial charge < -0.3 is 15.2 Å². The maximum atomic E-state index is 12.6. The van der Waals surface area contributed by atoms with E-state index in [0.717, 1.165) is 11.4 Å². The topological polar surface area (TPSA) is 78.1 Å². The van der Waals surface area contributed by atoms with Gasteiger partial charge in [0.05, 0.1) is 5.88 Å². The number of carbonyl (C=O) groups excluding carboxylic acids is 2. The van der Waals surface area contributed by atoms with Crippen LogP contribution in [-0.2, 0) is 9.59 Å². The van der Waals surface area contributed by atoms with E-state index in [1.54, 1.807) is 29.1 Å². The fourth-order valence-corrected chi connectivity index (χ4v) is 3.80. The van der Waals surface area contributed by atoms with Crippen molar-refractivity contribution in [2.75, 3.05) is 16.9 Å². The van der Waals surface area contributed by atoms with Gasteiger partial charge in [-0.1, -0.05) is 20.8 Å². The van der Waals surface area contributed by atoms with Crippen molar-refractivity contribution in [3.8, 4) is 11.4 Å². The Kier molecular flexibility index (Phi) is 4.85. The molecular weight excluding hydrogens is 336 g/mol. The second-order valence-electron chi connectivity index (χ2n) is 7.05. The van der Waals surface area contributed by atoms with Crippen molar-refractivity contribution in [2.24, 2.45) is 5.41 Å². The number of nitrogens with zero attached hydrogens (tertiary/aromatic N) is 2. The van der Waals surface area contributed by atoms with Gasteiger partial charge >= 0.3 is 0 Å². The first-order valence-electron chi connectivity index (χ1n) is 8.16. The lowest BCUT2D eigenvalue weighted by Crippen LogP contribution is -2.48. The average molecular weight is 358 g/mol. The zero-order chi connectivity index (χ0) is 18.0. The summed E-state index contributed by atoms with van der Waals surface area (Å²) in [6.07, 6.45) is 3.47. The van der Waals surface area contributed by atoms with Gasteiger partial charge in [0.25, 0.3) is 0 Å². The SMILES string of the molecule is CC(C)(C)C(=O)N1CSCC1C(=O)Nc1ccc(-c2ncc[nH]2)cc1. The standard InChI is InChI=1S/C18H22N4O2S/c1-18(2,3)17(24)22-11-25-10-14(22)16(23)21-13-6-4-12(5-7-13)15-19-8-9-20-15/h4-9,14H,10-11H2,1-3H3,(H,19,20)(H,21,23). The van der Waals surface area contributed by atoms with Crippen LogP contribution in [0.5, 0.6) is 0 Å². The van der Waals surface area contributed by atoms with Crippen molar-refractivity contribution in [2.45, 2.75) is 26.8 Å². The number of aromatic nitrogens is 2. The molecule has 25 heavy (non-hydrogen) atoms. The molecule has 1 aromatic heterocycles. The quantitative estimate of drug-likeness (QED) is 0.884. The molecule has 0 spiro atoms. The lowest BCUT2D eigenvalue weighted by atomic mass is 9.94. The monoisotopic (exact) mass is 358 g/mol. The molecule has 0 saturated carbocycles. The molecule has 6 nitrogen and oxygen atoms in total. The minimum Gasteiger partial charge on any atom is -0.345 e. The number of thioether (sulfide) groups is 1. The lowest BCUT2D eigenvalue weighted by Gasteiger charge is -2.29. The highest BCUT2D eigenvalue weighted by molar-refractivity contribution is 7.99. The van der Waals surface area contributed by atoms with Crippen LogP contribution in [0.1, 0.15) is 20.8 Å². The Morgan fingerprint density at radius 2 is 2.00 bits per heavy atom. The summed E-state index contributed by atoms with van der Waals surface area (Å²) in [5, 5.41) is 2.92. The van der Waals surface area contributed by atoms with Gasteiger partial charge in [-0.15, -0.1) is 11.8 Å². The van der Waals surface area contributed by atoms with Crippen molar-refractivity contribution in [1.82, 2.24) is 14.9 Å². The van der Waals surface area contributed by atoms with Crippen LogP contribution in [0.2, 0.25) is 0 Å². The first kappa shape index (κ1) is 17.5. The van der Waals surface area contributed by atoms with E-state index in [2.05, 4.69) is 15.3 Å². The highest BCUT2D eigenvalue weighted by Gasteiger charge is 2.38. The van der Waals surface area contributed by atoms with E-state index in [0.29, 0.717) is 17.3 Å². The number of H-pyrrole nitrogens is 1. The Morgan fingerprint density at radius 3 is 2.60 bits per heavy atom. The number of benzene rings is 1. The van der Waals surface area contributed by atoms with E-state index in [1.165, 1.54) is 0 Å². The van der Waals surface area contributed by atoms with E-state index in [9.17, 15) is 9.59 Å². The van der Waals surface area contributed by atoms with Gasteiger partial charge in [0.1, 0.15) is 11.9 Å². The number of aromatic amines is 1. The largest absolute Gasteiger partial charge is 0.345 e. The molecule has 1 aliphatic rings. The van der Waals surface area contributed by atoms with Crippen LogP contribution < -0.4 is 5.32 Å². The molecule has 2 amide bonds. The Labute approximate surface area is 151 Å². The van der Waals surface area contributed by atoms with Gasteiger partial charge in [0.2, 0.25) is 11.8 Å². The number of carbonyl (C=O) groups is 2. The molecule has 0 radical (unpaired) electrons. The van der Waals surface area contributed by atoms with Crippen molar-refractivity contribution in [3.63, 3.8) is 0 Å². The molecule has 1 aromatic carbocycles. The number of anilines is 1. The summed E-state index contributed by atoms with van der Waals surface area (Å²) in [6.45, 7) is 5.63. The van der Waals surface area contributed by atoms with E-state index >= 15 is 0 Å². The molecule has 1 atom stereocenters. The molecule has 3 rings (SSSR count). The third-order valence-corrected chi connectivity index (χ3v) is 5.02. The molecule has 132 valence electrons. The van der Waals surface area contributed by atoms with Crippen LogP contribution in [0.3, 0.4) is 0 Å². The van der Waals surface area contributed by atoms with Crippen LogP contribution in [0.25, 0.3) is 11.4 Å². The highest BCUT2D eigenvalue weighted by atomic mass is 32.2. The number of nitrogens with one attached hydrogen (secondary N) is 2. The number of amides is 2. The molecule has 1 unspecified atom stereocenters. The smallest absolute Gasteiger partial charge is 0.248 e. The molecule has 1 saturated heterocycles. The van der Waals surface area contributed by atoms with E-state index < -0.39 is 11.5 Å².